The molecule has 0 aliphatic rings. The maximum atomic E-state index is 10.9. The molecule has 0 aromatic carbocycles. The van der Waals surface area contributed by atoms with Gasteiger partial charge in [-0.15, -0.1) is 6.58 Å². The molecule has 0 aromatic heterocycles. The van der Waals surface area contributed by atoms with Gasteiger partial charge in [0, 0.05) is 6.54 Å². The number of nitrogens with one attached hydrogen (secondary N) is 1. The van der Waals surface area contributed by atoms with E-state index in [4.69, 9.17) is 4.74 Å². The fourth-order valence-electron chi connectivity index (χ4n) is 0.820. The molecule has 0 rings (SSSR count). The number of hydrogen-bond acceptors (Lipinski definition) is 3. The van der Waals surface area contributed by atoms with Gasteiger partial charge in [0.2, 0.25) is 5.91 Å². The van der Waals surface area contributed by atoms with Crippen molar-refractivity contribution < 1.29 is 14.3 Å². The smallest absolute Gasteiger partial charge is 0.227 e. The highest BCUT2D eigenvalue weighted by atomic mass is 16.5. The second kappa shape index (κ2) is 8.44. The Balaban J connectivity index is 3.23. The molecule has 0 aliphatic heterocycles. The molecule has 0 bridgehead atoms. The van der Waals surface area contributed by atoms with Gasteiger partial charge >= 0.3 is 0 Å². The number of Topliss-reactive ketones (excluding diaryl/α,β-unsaturated/α-hetero) is 1. The molecule has 14 heavy (non-hydrogen) atoms. The number of carbonyl (C=O) groups excluding carboxylic acids is 2. The molecule has 4 heteroatoms. The van der Waals surface area contributed by atoms with Crippen LogP contribution in [0, 0.1) is 0 Å². The lowest BCUT2D eigenvalue weighted by Gasteiger charge is -2.04. The molecule has 0 atom stereocenters. The first-order valence-corrected chi connectivity index (χ1v) is 4.61. The molecule has 0 saturated heterocycles. The van der Waals surface area contributed by atoms with Crippen molar-refractivity contribution in [3.05, 3.63) is 12.7 Å². The topological polar surface area (TPSA) is 55.4 Å². The molecular formula is C10H17NO3. The number of amides is 1. The fourth-order valence-corrected chi connectivity index (χ4v) is 0.820. The predicted octanol–water partition coefficient (Wildman–Crippen LogP) is 0.674. The highest BCUT2D eigenvalue weighted by Crippen LogP contribution is 1.83. The summed E-state index contributed by atoms with van der Waals surface area (Å²) in [7, 11) is 0. The van der Waals surface area contributed by atoms with E-state index in [1.807, 2.05) is 0 Å². The van der Waals surface area contributed by atoms with E-state index in [1.165, 1.54) is 6.92 Å². The van der Waals surface area contributed by atoms with Crippen molar-refractivity contribution in [2.24, 2.45) is 0 Å². The van der Waals surface area contributed by atoms with Crippen LogP contribution in [0.1, 0.15) is 19.8 Å². The summed E-state index contributed by atoms with van der Waals surface area (Å²) in [5.74, 6) is -0.375. The standard InChI is InChI=1S/C10H17NO3/c1-3-4-6-14-7-5-11-10(13)8-9(2)12/h3H,1,4-8H2,2H3,(H,11,13). The highest BCUT2D eigenvalue weighted by molar-refractivity contribution is 5.96. The van der Waals surface area contributed by atoms with Crippen molar-refractivity contribution in [1.29, 1.82) is 0 Å². The summed E-state index contributed by atoms with van der Waals surface area (Å²) < 4.78 is 5.16. The minimum atomic E-state index is -0.246. The van der Waals surface area contributed by atoms with E-state index in [-0.39, 0.29) is 18.1 Å². The Bertz CT molecular complexity index is 202. The van der Waals surface area contributed by atoms with E-state index in [1.54, 1.807) is 6.08 Å². The lowest BCUT2D eigenvalue weighted by Crippen LogP contribution is -2.28. The maximum Gasteiger partial charge on any atom is 0.227 e. The zero-order chi connectivity index (χ0) is 10.8. The second-order valence-corrected chi connectivity index (χ2v) is 2.92. The van der Waals surface area contributed by atoms with Gasteiger partial charge in [-0.2, -0.15) is 0 Å². The summed E-state index contributed by atoms with van der Waals surface area (Å²) >= 11 is 0. The van der Waals surface area contributed by atoms with Gasteiger partial charge in [-0.3, -0.25) is 9.59 Å². The first-order valence-electron chi connectivity index (χ1n) is 4.61. The highest BCUT2D eigenvalue weighted by Gasteiger charge is 2.02. The average molecular weight is 199 g/mol. The van der Waals surface area contributed by atoms with Gasteiger partial charge in [0.15, 0.2) is 0 Å². The minimum Gasteiger partial charge on any atom is -0.379 e. The predicted molar refractivity (Wildman–Crippen MR) is 53.9 cm³/mol. The summed E-state index contributed by atoms with van der Waals surface area (Å²) in [5.41, 5.74) is 0. The van der Waals surface area contributed by atoms with E-state index in [0.29, 0.717) is 19.8 Å². The van der Waals surface area contributed by atoms with Gasteiger partial charge in [0.05, 0.1) is 19.6 Å². The van der Waals surface area contributed by atoms with Crippen LogP contribution in [0.5, 0.6) is 0 Å². The Morgan fingerprint density at radius 1 is 1.43 bits per heavy atom. The number of carbonyl (C=O) groups is 2. The molecule has 0 radical (unpaired) electrons. The lowest BCUT2D eigenvalue weighted by molar-refractivity contribution is -0.127. The molecule has 4 nitrogen and oxygen atoms in total. The van der Waals surface area contributed by atoms with Gasteiger partial charge in [-0.05, 0) is 13.3 Å². The van der Waals surface area contributed by atoms with E-state index in [0.717, 1.165) is 6.42 Å². The molecule has 0 saturated carbocycles. The lowest BCUT2D eigenvalue weighted by atomic mass is 10.3. The number of ketones is 1. The molecule has 1 N–H and O–H groups in total. The monoisotopic (exact) mass is 199 g/mol. The molecule has 0 spiro atoms. The quantitative estimate of drug-likeness (QED) is 0.355. The van der Waals surface area contributed by atoms with Crippen LogP contribution in [0.4, 0.5) is 0 Å². The Labute approximate surface area is 84.3 Å². The Morgan fingerprint density at radius 2 is 2.14 bits per heavy atom. The molecule has 80 valence electrons. The first kappa shape index (κ1) is 12.8. The van der Waals surface area contributed by atoms with Crippen molar-refractivity contribution in [2.75, 3.05) is 19.8 Å². The number of rotatable bonds is 8. The molecule has 0 fully saturated rings. The fraction of sp³-hybridized carbons (Fsp3) is 0.600. The van der Waals surface area contributed by atoms with E-state index in [2.05, 4.69) is 11.9 Å². The van der Waals surface area contributed by atoms with Crippen LogP contribution in [0.25, 0.3) is 0 Å². The van der Waals surface area contributed by atoms with Crippen molar-refractivity contribution >= 4 is 11.7 Å². The minimum absolute atomic E-state index is 0.0490. The third-order valence-electron chi connectivity index (χ3n) is 1.44. The third-order valence-corrected chi connectivity index (χ3v) is 1.44. The summed E-state index contributed by atoms with van der Waals surface area (Å²) in [5, 5.41) is 2.58. The van der Waals surface area contributed by atoms with Crippen LogP contribution in [0.15, 0.2) is 12.7 Å². The zero-order valence-corrected chi connectivity index (χ0v) is 8.54. The molecule has 0 heterocycles. The van der Waals surface area contributed by atoms with Crippen LogP contribution in [-0.4, -0.2) is 31.4 Å². The summed E-state index contributed by atoms with van der Waals surface area (Å²) in [6.45, 7) is 6.48. The van der Waals surface area contributed by atoms with E-state index < -0.39 is 0 Å². The van der Waals surface area contributed by atoms with Crippen molar-refractivity contribution in [1.82, 2.24) is 5.32 Å². The van der Waals surface area contributed by atoms with Crippen LogP contribution in [0.2, 0.25) is 0 Å². The van der Waals surface area contributed by atoms with Crippen LogP contribution in [0.3, 0.4) is 0 Å². The first-order chi connectivity index (χ1) is 6.66. The molecule has 0 aliphatic carbocycles. The second-order valence-electron chi connectivity index (χ2n) is 2.92. The van der Waals surface area contributed by atoms with Crippen molar-refractivity contribution in [3.63, 3.8) is 0 Å². The summed E-state index contributed by atoms with van der Waals surface area (Å²) in [4.78, 5) is 21.5. The molecule has 0 aromatic rings. The largest absolute Gasteiger partial charge is 0.379 e. The molecule has 0 unspecified atom stereocenters. The van der Waals surface area contributed by atoms with Gasteiger partial charge in [0.1, 0.15) is 5.78 Å². The average Bonchev–Trinajstić information content (AvgIpc) is 2.10. The van der Waals surface area contributed by atoms with Crippen LogP contribution < -0.4 is 5.32 Å². The molecule has 1 amide bonds. The van der Waals surface area contributed by atoms with Gasteiger partial charge in [0.25, 0.3) is 0 Å². The van der Waals surface area contributed by atoms with Crippen LogP contribution in [-0.2, 0) is 14.3 Å². The normalized spacial score (nSPS) is 9.50. The third kappa shape index (κ3) is 8.93. The maximum absolute atomic E-state index is 10.9. The Morgan fingerprint density at radius 3 is 2.71 bits per heavy atom. The number of ether oxygens (including phenoxy) is 1. The van der Waals surface area contributed by atoms with E-state index >= 15 is 0 Å². The summed E-state index contributed by atoms with van der Waals surface area (Å²) in [6.07, 6.45) is 2.53. The van der Waals surface area contributed by atoms with Gasteiger partial charge in [-0.1, -0.05) is 6.08 Å². The molecular weight excluding hydrogens is 182 g/mol. The van der Waals surface area contributed by atoms with E-state index in [9.17, 15) is 9.59 Å². The summed E-state index contributed by atoms with van der Waals surface area (Å²) in [6, 6.07) is 0. The Hall–Kier alpha value is -1.16. The van der Waals surface area contributed by atoms with Crippen molar-refractivity contribution in [2.45, 2.75) is 19.8 Å². The SMILES string of the molecule is C=CCCOCCNC(=O)CC(C)=O. The van der Waals surface area contributed by atoms with Gasteiger partial charge < -0.3 is 10.1 Å². The van der Waals surface area contributed by atoms with Crippen molar-refractivity contribution in [3.8, 4) is 0 Å². The zero-order valence-electron chi connectivity index (χ0n) is 8.54. The Kier molecular flexibility index (Phi) is 7.74. The number of hydrogen-bond donors (Lipinski definition) is 1. The van der Waals surface area contributed by atoms with Gasteiger partial charge in [-0.25, -0.2) is 0 Å². The van der Waals surface area contributed by atoms with Crippen LogP contribution >= 0.6 is 0 Å².